The maximum absolute atomic E-state index is 11.3. The minimum atomic E-state index is -2.12. The van der Waals surface area contributed by atoms with Gasteiger partial charge in [-0.15, -0.1) is 0 Å². The number of carbonyl (C=O) groups excluding carboxylic acids is 1. The Kier molecular flexibility index (Phi) is 5.34. The van der Waals surface area contributed by atoms with Gasteiger partial charge in [0.1, 0.15) is 0 Å². The summed E-state index contributed by atoms with van der Waals surface area (Å²) in [7, 11) is 0. The molecule has 0 aromatic heterocycles. The zero-order valence-electron chi connectivity index (χ0n) is 8.32. The Balaban J connectivity index is 4.25. The van der Waals surface area contributed by atoms with E-state index in [4.69, 9.17) is 15.9 Å². The van der Waals surface area contributed by atoms with Gasteiger partial charge in [0.2, 0.25) is 0 Å². The number of aliphatic carboxylic acids is 1. The second kappa shape index (κ2) is 5.72. The molecule has 0 spiro atoms. The first-order valence-electron chi connectivity index (χ1n) is 4.65. The number of ketones is 1. The van der Waals surface area contributed by atoms with E-state index in [0.29, 0.717) is 6.42 Å². The highest BCUT2D eigenvalue weighted by Crippen LogP contribution is 2.09. The van der Waals surface area contributed by atoms with Crippen LogP contribution >= 0.6 is 0 Å². The fourth-order valence-corrected chi connectivity index (χ4v) is 1.03. The highest BCUT2D eigenvalue weighted by Gasteiger charge is 2.40. The third-order valence-corrected chi connectivity index (χ3v) is 2.14. The summed E-state index contributed by atoms with van der Waals surface area (Å²) in [5.74, 6) is -2.08. The first-order valence-corrected chi connectivity index (χ1v) is 4.65. The molecule has 0 rings (SSSR count). The average molecular weight is 203 g/mol. The summed E-state index contributed by atoms with van der Waals surface area (Å²) >= 11 is 0. The van der Waals surface area contributed by atoms with Crippen LogP contribution in [0, 0.1) is 0 Å². The molecule has 0 saturated carbocycles. The zero-order valence-corrected chi connectivity index (χ0v) is 8.32. The Hall–Kier alpha value is -0.940. The lowest BCUT2D eigenvalue weighted by Gasteiger charge is -2.19. The van der Waals surface area contributed by atoms with Crippen LogP contribution in [0.15, 0.2) is 0 Å². The molecule has 4 N–H and O–H groups in total. The number of carbonyl (C=O) groups is 2. The lowest BCUT2D eigenvalue weighted by atomic mass is 9.92. The van der Waals surface area contributed by atoms with E-state index >= 15 is 0 Å². The molecule has 0 aliphatic heterocycles. The zero-order chi connectivity index (χ0) is 11.2. The highest BCUT2D eigenvalue weighted by atomic mass is 16.4. The molecule has 0 saturated heterocycles. The molecule has 0 aliphatic carbocycles. The summed E-state index contributed by atoms with van der Waals surface area (Å²) < 4.78 is 0. The number of aliphatic hydroxyl groups excluding tert-OH is 1. The molecule has 0 amide bonds. The minimum Gasteiger partial charge on any atom is -0.479 e. The van der Waals surface area contributed by atoms with E-state index in [1.807, 2.05) is 6.92 Å². The number of carboxylic acid groups (broad SMARTS) is 1. The topological polar surface area (TPSA) is 101 Å². The third kappa shape index (κ3) is 3.08. The second-order valence-electron chi connectivity index (χ2n) is 3.31. The van der Waals surface area contributed by atoms with Crippen LogP contribution in [0.5, 0.6) is 0 Å². The van der Waals surface area contributed by atoms with E-state index in [9.17, 15) is 9.59 Å². The number of nitrogens with two attached hydrogens (primary N) is 1. The van der Waals surface area contributed by atoms with Crippen molar-refractivity contribution in [1.29, 1.82) is 0 Å². The average Bonchev–Trinajstić information content (AvgIpc) is 2.16. The van der Waals surface area contributed by atoms with Crippen LogP contribution in [0.3, 0.4) is 0 Å². The Morgan fingerprint density at radius 3 is 2.29 bits per heavy atom. The monoisotopic (exact) mass is 203 g/mol. The van der Waals surface area contributed by atoms with Gasteiger partial charge in [-0.2, -0.15) is 0 Å². The van der Waals surface area contributed by atoms with Crippen molar-refractivity contribution in [3.8, 4) is 0 Å². The quantitative estimate of drug-likeness (QED) is 0.396. The molecular weight excluding hydrogens is 186 g/mol. The Morgan fingerprint density at radius 1 is 1.36 bits per heavy atom. The van der Waals surface area contributed by atoms with Crippen molar-refractivity contribution in [1.82, 2.24) is 0 Å². The largest absolute Gasteiger partial charge is 0.479 e. The van der Waals surface area contributed by atoms with Gasteiger partial charge in [-0.3, -0.25) is 4.79 Å². The molecule has 0 unspecified atom stereocenters. The molecule has 0 radical (unpaired) electrons. The van der Waals surface area contributed by atoms with Gasteiger partial charge < -0.3 is 15.9 Å². The summed E-state index contributed by atoms with van der Waals surface area (Å²) in [5.41, 5.74) is 3.15. The molecule has 0 heterocycles. The van der Waals surface area contributed by atoms with Crippen LogP contribution in [-0.2, 0) is 9.59 Å². The number of rotatable bonds is 7. The first kappa shape index (κ1) is 13.1. The Morgan fingerprint density at radius 2 is 1.93 bits per heavy atom. The normalized spacial score (nSPS) is 14.8. The molecule has 0 aromatic carbocycles. The molecule has 1 atom stereocenters. The minimum absolute atomic E-state index is 0.108. The molecule has 0 aliphatic rings. The molecule has 14 heavy (non-hydrogen) atoms. The van der Waals surface area contributed by atoms with E-state index in [2.05, 4.69) is 0 Å². The lowest BCUT2D eigenvalue weighted by Crippen LogP contribution is -2.57. The van der Waals surface area contributed by atoms with Gasteiger partial charge in [0.25, 0.3) is 0 Å². The number of unbranched alkanes of at least 4 members (excludes halogenated alkanes) is 2. The first-order chi connectivity index (χ1) is 6.49. The predicted octanol–water partition coefficient (Wildman–Crippen LogP) is -0.0898. The van der Waals surface area contributed by atoms with Gasteiger partial charge in [0.05, 0.1) is 6.61 Å². The van der Waals surface area contributed by atoms with Gasteiger partial charge in [-0.05, 0) is 6.42 Å². The maximum atomic E-state index is 11.3. The maximum Gasteiger partial charge on any atom is 0.333 e. The van der Waals surface area contributed by atoms with E-state index in [0.717, 1.165) is 12.8 Å². The molecular formula is C9H17NO4. The summed E-state index contributed by atoms with van der Waals surface area (Å²) in [6.45, 7) is 1.12. The number of aliphatic hydroxyl groups is 1. The Labute approximate surface area is 82.9 Å². The standard InChI is InChI=1S/C9H17NO4/c1-2-3-4-5-7(12)9(10,6-11)8(13)14/h11H,2-6,10H2,1H3,(H,13,14)/t9-/m0/s1. The van der Waals surface area contributed by atoms with Crippen LogP contribution in [0.25, 0.3) is 0 Å². The van der Waals surface area contributed by atoms with Crippen molar-refractivity contribution < 1.29 is 19.8 Å². The van der Waals surface area contributed by atoms with E-state index in [-0.39, 0.29) is 6.42 Å². The Bertz CT molecular complexity index is 217. The van der Waals surface area contributed by atoms with Gasteiger partial charge in [-0.25, -0.2) is 4.79 Å². The SMILES string of the molecule is CCCCCC(=O)[C@@](N)(CO)C(=O)O. The number of Topliss-reactive ketones (excluding diaryl/α,β-unsaturated/α-hetero) is 1. The van der Waals surface area contributed by atoms with Crippen molar-refractivity contribution in [2.75, 3.05) is 6.61 Å². The smallest absolute Gasteiger partial charge is 0.333 e. The fraction of sp³-hybridized carbons (Fsp3) is 0.778. The van der Waals surface area contributed by atoms with Crippen molar-refractivity contribution in [3.05, 3.63) is 0 Å². The number of hydrogen-bond donors (Lipinski definition) is 3. The van der Waals surface area contributed by atoms with Crippen LogP contribution in [0.1, 0.15) is 32.6 Å². The van der Waals surface area contributed by atoms with Crippen molar-refractivity contribution in [2.24, 2.45) is 5.73 Å². The number of carboxylic acids is 1. The summed E-state index contributed by atoms with van der Waals surface area (Å²) in [5, 5.41) is 17.4. The van der Waals surface area contributed by atoms with E-state index in [1.54, 1.807) is 0 Å². The molecule has 5 nitrogen and oxygen atoms in total. The summed E-state index contributed by atoms with van der Waals surface area (Å²) in [6, 6.07) is 0. The van der Waals surface area contributed by atoms with Crippen molar-refractivity contribution in [2.45, 2.75) is 38.1 Å². The highest BCUT2D eigenvalue weighted by molar-refractivity contribution is 6.07. The third-order valence-electron chi connectivity index (χ3n) is 2.14. The summed E-state index contributed by atoms with van der Waals surface area (Å²) in [4.78, 5) is 22.0. The van der Waals surface area contributed by atoms with Crippen molar-refractivity contribution >= 4 is 11.8 Å². The van der Waals surface area contributed by atoms with E-state index in [1.165, 1.54) is 0 Å². The second-order valence-corrected chi connectivity index (χ2v) is 3.31. The van der Waals surface area contributed by atoms with Crippen LogP contribution < -0.4 is 5.73 Å². The molecule has 0 aromatic rings. The van der Waals surface area contributed by atoms with Gasteiger partial charge in [0.15, 0.2) is 11.3 Å². The predicted molar refractivity (Wildman–Crippen MR) is 50.8 cm³/mol. The molecule has 0 bridgehead atoms. The lowest BCUT2D eigenvalue weighted by molar-refractivity contribution is -0.150. The van der Waals surface area contributed by atoms with Gasteiger partial charge in [0, 0.05) is 6.42 Å². The summed E-state index contributed by atoms with van der Waals surface area (Å²) in [6.07, 6.45) is 2.52. The number of hydrogen-bond acceptors (Lipinski definition) is 4. The fourth-order valence-electron chi connectivity index (χ4n) is 1.03. The molecule has 82 valence electrons. The molecule has 0 fully saturated rings. The van der Waals surface area contributed by atoms with Crippen LogP contribution in [-0.4, -0.2) is 34.1 Å². The molecule has 5 heteroatoms. The van der Waals surface area contributed by atoms with Gasteiger partial charge >= 0.3 is 5.97 Å². The van der Waals surface area contributed by atoms with E-state index < -0.39 is 23.9 Å². The van der Waals surface area contributed by atoms with Crippen molar-refractivity contribution in [3.63, 3.8) is 0 Å². The van der Waals surface area contributed by atoms with Crippen LogP contribution in [0.2, 0.25) is 0 Å². The van der Waals surface area contributed by atoms with Crippen LogP contribution in [0.4, 0.5) is 0 Å². The van der Waals surface area contributed by atoms with Gasteiger partial charge in [-0.1, -0.05) is 19.8 Å².